The number of thiophene rings is 1. The Balaban J connectivity index is 2.26. The van der Waals surface area contributed by atoms with Crippen LogP contribution < -0.4 is 5.32 Å². The predicted molar refractivity (Wildman–Crippen MR) is 61.0 cm³/mol. The van der Waals surface area contributed by atoms with Crippen molar-refractivity contribution in [1.29, 1.82) is 0 Å². The van der Waals surface area contributed by atoms with E-state index in [9.17, 15) is 9.59 Å². The van der Waals surface area contributed by atoms with Gasteiger partial charge in [0.2, 0.25) is 5.91 Å². The zero-order valence-electron chi connectivity index (χ0n) is 9.23. The van der Waals surface area contributed by atoms with E-state index in [1.165, 1.54) is 25.5 Å². The Labute approximate surface area is 98.0 Å². The van der Waals surface area contributed by atoms with Gasteiger partial charge < -0.3 is 5.32 Å². The van der Waals surface area contributed by atoms with Crippen molar-refractivity contribution in [1.82, 2.24) is 10.4 Å². The van der Waals surface area contributed by atoms with Gasteiger partial charge >= 0.3 is 0 Å². The maximum absolute atomic E-state index is 11.5. The van der Waals surface area contributed by atoms with Crippen LogP contribution in [0.3, 0.4) is 0 Å². The van der Waals surface area contributed by atoms with Crippen LogP contribution in [0, 0.1) is 0 Å². The molecule has 0 fully saturated rings. The van der Waals surface area contributed by atoms with Gasteiger partial charge in [0.15, 0.2) is 0 Å². The first-order valence-corrected chi connectivity index (χ1v) is 5.70. The number of hydroxylamine groups is 2. The molecule has 0 saturated carbocycles. The molecule has 2 amide bonds. The van der Waals surface area contributed by atoms with Gasteiger partial charge in [0.1, 0.15) is 0 Å². The summed E-state index contributed by atoms with van der Waals surface area (Å²) in [6.07, 6.45) is 0.222. The van der Waals surface area contributed by atoms with Gasteiger partial charge in [0.05, 0.1) is 7.11 Å². The Bertz CT molecular complexity index is 351. The standard InChI is InChI=1S/C10H14N2O3S/c1-12(15-2)9(13)3-5-11-10(14)8-4-6-16-7-8/h4,6-7H,3,5H2,1-2H3,(H,11,14). The topological polar surface area (TPSA) is 58.6 Å². The molecule has 88 valence electrons. The second-order valence-electron chi connectivity index (χ2n) is 3.09. The minimum absolute atomic E-state index is 0.158. The van der Waals surface area contributed by atoms with Gasteiger partial charge in [-0.25, -0.2) is 5.06 Å². The van der Waals surface area contributed by atoms with E-state index < -0.39 is 0 Å². The van der Waals surface area contributed by atoms with Gasteiger partial charge in [-0.05, 0) is 11.4 Å². The molecule has 0 radical (unpaired) electrons. The van der Waals surface area contributed by atoms with Crippen molar-refractivity contribution in [3.05, 3.63) is 22.4 Å². The Morgan fingerprint density at radius 3 is 2.88 bits per heavy atom. The molecule has 1 aromatic rings. The normalized spacial score (nSPS) is 9.88. The third kappa shape index (κ3) is 3.63. The van der Waals surface area contributed by atoms with Crippen molar-refractivity contribution < 1.29 is 14.4 Å². The van der Waals surface area contributed by atoms with Gasteiger partial charge in [-0.15, -0.1) is 0 Å². The number of amides is 2. The number of nitrogens with one attached hydrogen (secondary N) is 1. The summed E-state index contributed by atoms with van der Waals surface area (Å²) in [4.78, 5) is 27.5. The molecular weight excluding hydrogens is 228 g/mol. The Hall–Kier alpha value is -1.40. The smallest absolute Gasteiger partial charge is 0.252 e. The highest BCUT2D eigenvalue weighted by atomic mass is 32.1. The van der Waals surface area contributed by atoms with Crippen LogP contribution in [0.25, 0.3) is 0 Å². The van der Waals surface area contributed by atoms with Crippen molar-refractivity contribution >= 4 is 23.2 Å². The van der Waals surface area contributed by atoms with Crippen molar-refractivity contribution in [2.24, 2.45) is 0 Å². The fraction of sp³-hybridized carbons (Fsp3) is 0.400. The van der Waals surface area contributed by atoms with Crippen molar-refractivity contribution in [3.63, 3.8) is 0 Å². The predicted octanol–water partition coefficient (Wildman–Crippen LogP) is 0.888. The van der Waals surface area contributed by atoms with E-state index >= 15 is 0 Å². The summed E-state index contributed by atoms with van der Waals surface area (Å²) in [5.41, 5.74) is 0.623. The molecule has 1 rings (SSSR count). The Kier molecular flexibility index (Phi) is 4.94. The maximum Gasteiger partial charge on any atom is 0.252 e. The molecule has 0 saturated heterocycles. The minimum Gasteiger partial charge on any atom is -0.351 e. The number of rotatable bonds is 5. The molecule has 0 bridgehead atoms. The quantitative estimate of drug-likeness (QED) is 0.780. The van der Waals surface area contributed by atoms with E-state index in [-0.39, 0.29) is 18.2 Å². The first-order valence-electron chi connectivity index (χ1n) is 4.76. The average Bonchev–Trinajstić information content (AvgIpc) is 2.81. The molecule has 0 atom stereocenters. The third-order valence-corrected chi connectivity index (χ3v) is 2.72. The molecule has 0 aromatic carbocycles. The number of hydrogen-bond donors (Lipinski definition) is 1. The van der Waals surface area contributed by atoms with Crippen LogP contribution in [0.15, 0.2) is 16.8 Å². The highest BCUT2D eigenvalue weighted by molar-refractivity contribution is 7.08. The van der Waals surface area contributed by atoms with Crippen molar-refractivity contribution in [2.45, 2.75) is 6.42 Å². The minimum atomic E-state index is -0.173. The van der Waals surface area contributed by atoms with Crippen LogP contribution in [0.5, 0.6) is 0 Å². The monoisotopic (exact) mass is 242 g/mol. The fourth-order valence-electron chi connectivity index (χ4n) is 1.04. The summed E-state index contributed by atoms with van der Waals surface area (Å²) >= 11 is 1.46. The lowest BCUT2D eigenvalue weighted by atomic mass is 10.3. The second-order valence-corrected chi connectivity index (χ2v) is 3.87. The number of hydrogen-bond acceptors (Lipinski definition) is 4. The van der Waals surface area contributed by atoms with Crippen molar-refractivity contribution in [3.8, 4) is 0 Å². The molecule has 16 heavy (non-hydrogen) atoms. The van der Waals surface area contributed by atoms with Gasteiger partial charge in [-0.3, -0.25) is 14.4 Å². The fourth-order valence-corrected chi connectivity index (χ4v) is 1.67. The molecule has 0 unspecified atom stereocenters. The average molecular weight is 242 g/mol. The highest BCUT2D eigenvalue weighted by Gasteiger charge is 2.09. The van der Waals surface area contributed by atoms with E-state index in [1.807, 2.05) is 5.38 Å². The van der Waals surface area contributed by atoms with E-state index in [1.54, 1.807) is 11.4 Å². The lowest BCUT2D eigenvalue weighted by molar-refractivity contribution is -0.168. The van der Waals surface area contributed by atoms with Crippen LogP contribution in [0.1, 0.15) is 16.8 Å². The molecule has 0 spiro atoms. The summed E-state index contributed by atoms with van der Waals surface area (Å²) in [5, 5.41) is 7.39. The number of carbonyl (C=O) groups excluding carboxylic acids is 2. The number of nitrogens with zero attached hydrogens (tertiary/aromatic N) is 1. The maximum atomic E-state index is 11.5. The van der Waals surface area contributed by atoms with E-state index in [0.717, 1.165) is 5.06 Å². The molecular formula is C10H14N2O3S. The van der Waals surface area contributed by atoms with Crippen LogP contribution in [0.2, 0.25) is 0 Å². The summed E-state index contributed by atoms with van der Waals surface area (Å²) in [7, 11) is 2.95. The summed E-state index contributed by atoms with van der Waals surface area (Å²) in [5.74, 6) is -0.331. The molecule has 1 heterocycles. The van der Waals surface area contributed by atoms with Gasteiger partial charge in [-0.2, -0.15) is 11.3 Å². The molecule has 5 nitrogen and oxygen atoms in total. The summed E-state index contributed by atoms with van der Waals surface area (Å²) < 4.78 is 0. The van der Waals surface area contributed by atoms with Crippen LogP contribution in [-0.2, 0) is 9.63 Å². The Morgan fingerprint density at radius 1 is 1.56 bits per heavy atom. The summed E-state index contributed by atoms with van der Waals surface area (Å²) in [6.45, 7) is 0.307. The summed E-state index contributed by atoms with van der Waals surface area (Å²) in [6, 6.07) is 1.74. The lowest BCUT2D eigenvalue weighted by Gasteiger charge is -2.13. The van der Waals surface area contributed by atoms with Crippen LogP contribution in [0.4, 0.5) is 0 Å². The van der Waals surface area contributed by atoms with Crippen molar-refractivity contribution in [2.75, 3.05) is 20.7 Å². The van der Waals surface area contributed by atoms with Gasteiger partial charge in [-0.1, -0.05) is 0 Å². The molecule has 1 N–H and O–H groups in total. The largest absolute Gasteiger partial charge is 0.351 e. The SMILES string of the molecule is CON(C)C(=O)CCNC(=O)c1ccsc1. The van der Waals surface area contributed by atoms with Crippen LogP contribution >= 0.6 is 11.3 Å². The first-order chi connectivity index (χ1) is 7.65. The number of carbonyl (C=O) groups is 2. The van der Waals surface area contributed by atoms with Gasteiger partial charge in [0, 0.05) is 31.0 Å². The first kappa shape index (κ1) is 12.7. The zero-order chi connectivity index (χ0) is 12.0. The molecule has 6 heteroatoms. The molecule has 0 aliphatic carbocycles. The molecule has 1 aromatic heterocycles. The third-order valence-electron chi connectivity index (χ3n) is 2.03. The second kappa shape index (κ2) is 6.24. The molecule has 0 aliphatic heterocycles. The highest BCUT2D eigenvalue weighted by Crippen LogP contribution is 2.05. The Morgan fingerprint density at radius 2 is 2.31 bits per heavy atom. The van der Waals surface area contributed by atoms with E-state index in [0.29, 0.717) is 12.1 Å². The molecule has 0 aliphatic rings. The van der Waals surface area contributed by atoms with Crippen LogP contribution in [-0.4, -0.2) is 37.6 Å². The van der Waals surface area contributed by atoms with E-state index in [4.69, 9.17) is 4.84 Å². The zero-order valence-corrected chi connectivity index (χ0v) is 10.0. The van der Waals surface area contributed by atoms with Gasteiger partial charge in [0.25, 0.3) is 5.91 Å². The lowest BCUT2D eigenvalue weighted by Crippen LogP contribution is -2.31. The van der Waals surface area contributed by atoms with E-state index in [2.05, 4.69) is 5.32 Å².